The van der Waals surface area contributed by atoms with Crippen molar-refractivity contribution in [1.29, 1.82) is 0 Å². The molecule has 1 N–H and O–H groups in total. The highest BCUT2D eigenvalue weighted by molar-refractivity contribution is 7.89. The smallest absolute Gasteiger partial charge is 0.244 e. The van der Waals surface area contributed by atoms with E-state index in [-0.39, 0.29) is 10.9 Å². The van der Waals surface area contributed by atoms with Gasteiger partial charge in [0.05, 0.1) is 6.20 Å². The van der Waals surface area contributed by atoms with Gasteiger partial charge in [-0.05, 0) is 24.1 Å². The Kier molecular flexibility index (Phi) is 4.47. The normalized spacial score (nSPS) is 13.3. The van der Waals surface area contributed by atoms with Crippen molar-refractivity contribution < 1.29 is 8.42 Å². The maximum atomic E-state index is 12.3. The van der Waals surface area contributed by atoms with E-state index in [9.17, 15) is 8.42 Å². The molecule has 0 spiro atoms. The Labute approximate surface area is 123 Å². The highest BCUT2D eigenvalue weighted by Gasteiger charge is 2.21. The lowest BCUT2D eigenvalue weighted by Gasteiger charge is -2.17. The molecule has 1 heterocycles. The molecule has 0 aliphatic heterocycles. The molecule has 0 aliphatic carbocycles. The predicted octanol–water partition coefficient (Wildman–Crippen LogP) is 2.50. The maximum Gasteiger partial charge on any atom is 0.244 e. The average Bonchev–Trinajstić information content (AvgIpc) is 2.83. The fraction of sp³-hybridized carbons (Fsp3) is 0.308. The molecule has 0 unspecified atom stereocenters. The van der Waals surface area contributed by atoms with Gasteiger partial charge in [-0.2, -0.15) is 5.10 Å². The third-order valence-corrected chi connectivity index (χ3v) is 4.61. The van der Waals surface area contributed by atoms with Crippen molar-refractivity contribution in [1.82, 2.24) is 14.5 Å². The number of nitrogens with zero attached hydrogens (tertiary/aromatic N) is 2. The van der Waals surface area contributed by atoms with E-state index in [0.717, 1.165) is 5.56 Å². The summed E-state index contributed by atoms with van der Waals surface area (Å²) in [5.74, 6) is 0. The van der Waals surface area contributed by atoms with Crippen LogP contribution in [0, 0.1) is 0 Å². The SMILES string of the molecule is CC[C@H](NS(=O)(=O)c1cnn(C)c1)c1cccc(Cl)c1. The van der Waals surface area contributed by atoms with Crippen molar-refractivity contribution in [3.8, 4) is 0 Å². The van der Waals surface area contributed by atoms with E-state index < -0.39 is 10.0 Å². The zero-order valence-electron chi connectivity index (χ0n) is 11.2. The zero-order valence-corrected chi connectivity index (χ0v) is 12.8. The molecular weight excluding hydrogens is 298 g/mol. The van der Waals surface area contributed by atoms with E-state index >= 15 is 0 Å². The Hall–Kier alpha value is -1.37. The molecule has 0 radical (unpaired) electrons. The summed E-state index contributed by atoms with van der Waals surface area (Å²) in [5, 5.41) is 4.46. The van der Waals surface area contributed by atoms with Gasteiger partial charge in [0.1, 0.15) is 4.90 Å². The average molecular weight is 314 g/mol. The molecule has 0 bridgehead atoms. The molecule has 1 aromatic carbocycles. The Morgan fingerprint density at radius 3 is 2.75 bits per heavy atom. The van der Waals surface area contributed by atoms with E-state index in [2.05, 4.69) is 9.82 Å². The molecule has 1 aromatic heterocycles. The second kappa shape index (κ2) is 5.95. The third-order valence-electron chi connectivity index (χ3n) is 2.95. The van der Waals surface area contributed by atoms with Gasteiger partial charge in [0.15, 0.2) is 0 Å². The van der Waals surface area contributed by atoms with Gasteiger partial charge in [0.2, 0.25) is 10.0 Å². The molecule has 0 saturated heterocycles. The monoisotopic (exact) mass is 313 g/mol. The lowest BCUT2D eigenvalue weighted by Crippen LogP contribution is -2.28. The third kappa shape index (κ3) is 3.39. The summed E-state index contributed by atoms with van der Waals surface area (Å²) < 4.78 is 28.7. The minimum absolute atomic E-state index is 0.153. The van der Waals surface area contributed by atoms with Gasteiger partial charge in [-0.3, -0.25) is 4.68 Å². The van der Waals surface area contributed by atoms with Gasteiger partial charge >= 0.3 is 0 Å². The lowest BCUT2D eigenvalue weighted by molar-refractivity contribution is 0.550. The molecule has 5 nitrogen and oxygen atoms in total. The number of benzene rings is 1. The standard InChI is InChI=1S/C13H16ClN3O2S/c1-3-13(10-5-4-6-11(14)7-10)16-20(18,19)12-8-15-17(2)9-12/h4-9,13,16H,3H2,1-2H3/t13-/m0/s1. The fourth-order valence-electron chi connectivity index (χ4n) is 1.90. The highest BCUT2D eigenvalue weighted by atomic mass is 35.5. The topological polar surface area (TPSA) is 64.0 Å². The Morgan fingerprint density at radius 1 is 1.45 bits per heavy atom. The van der Waals surface area contributed by atoms with Crippen LogP contribution >= 0.6 is 11.6 Å². The zero-order chi connectivity index (χ0) is 14.8. The number of halogens is 1. The van der Waals surface area contributed by atoms with Crippen molar-refractivity contribution >= 4 is 21.6 Å². The van der Waals surface area contributed by atoms with Crippen molar-refractivity contribution in [3.63, 3.8) is 0 Å². The number of hydrogen-bond acceptors (Lipinski definition) is 3. The molecule has 2 rings (SSSR count). The first-order chi connectivity index (χ1) is 9.42. The van der Waals surface area contributed by atoms with Crippen LogP contribution in [0.1, 0.15) is 24.9 Å². The summed E-state index contributed by atoms with van der Waals surface area (Å²) in [5.41, 5.74) is 0.840. The molecule has 0 fully saturated rings. The summed E-state index contributed by atoms with van der Waals surface area (Å²) in [6, 6.07) is 6.86. The van der Waals surface area contributed by atoms with Crippen molar-refractivity contribution in [2.75, 3.05) is 0 Å². The first-order valence-electron chi connectivity index (χ1n) is 6.19. The molecule has 108 valence electrons. The van der Waals surface area contributed by atoms with Crippen molar-refractivity contribution in [2.24, 2.45) is 7.05 Å². The molecule has 20 heavy (non-hydrogen) atoms. The Bertz CT molecular complexity index is 697. The van der Waals surface area contributed by atoms with Crippen LogP contribution in [-0.4, -0.2) is 18.2 Å². The summed E-state index contributed by atoms with van der Waals surface area (Å²) in [6.07, 6.45) is 3.42. The number of aromatic nitrogens is 2. The molecule has 2 aromatic rings. The van der Waals surface area contributed by atoms with Crippen LogP contribution in [0.15, 0.2) is 41.6 Å². The van der Waals surface area contributed by atoms with Gasteiger partial charge < -0.3 is 0 Å². The van der Waals surface area contributed by atoms with Gasteiger partial charge in [0, 0.05) is 24.3 Å². The molecule has 7 heteroatoms. The van der Waals surface area contributed by atoms with E-state index in [0.29, 0.717) is 11.4 Å². The Balaban J connectivity index is 2.26. The second-order valence-electron chi connectivity index (χ2n) is 4.49. The minimum atomic E-state index is -3.59. The summed E-state index contributed by atoms with van der Waals surface area (Å²) in [6.45, 7) is 1.91. The molecule has 0 amide bonds. The first kappa shape index (κ1) is 15.0. The van der Waals surface area contributed by atoms with Gasteiger partial charge in [-0.15, -0.1) is 0 Å². The van der Waals surface area contributed by atoms with Crippen molar-refractivity contribution in [3.05, 3.63) is 47.2 Å². The molecule has 0 saturated carbocycles. The van der Waals surface area contributed by atoms with Crippen LogP contribution in [0.2, 0.25) is 5.02 Å². The number of nitrogens with one attached hydrogen (secondary N) is 1. The number of aryl methyl sites for hydroxylation is 1. The van der Waals surface area contributed by atoms with Crippen LogP contribution in [0.3, 0.4) is 0 Å². The number of sulfonamides is 1. The van der Waals surface area contributed by atoms with Crippen LogP contribution in [-0.2, 0) is 17.1 Å². The summed E-state index contributed by atoms with van der Waals surface area (Å²) >= 11 is 5.95. The highest BCUT2D eigenvalue weighted by Crippen LogP contribution is 2.22. The quantitative estimate of drug-likeness (QED) is 0.922. The molecular formula is C13H16ClN3O2S. The first-order valence-corrected chi connectivity index (χ1v) is 8.05. The van der Waals surface area contributed by atoms with Crippen LogP contribution in [0.25, 0.3) is 0 Å². The van der Waals surface area contributed by atoms with Crippen molar-refractivity contribution in [2.45, 2.75) is 24.3 Å². The van der Waals surface area contributed by atoms with Gasteiger partial charge in [-0.1, -0.05) is 30.7 Å². The minimum Gasteiger partial charge on any atom is -0.274 e. The van der Waals surface area contributed by atoms with Crippen LogP contribution in [0.5, 0.6) is 0 Å². The maximum absolute atomic E-state index is 12.3. The van der Waals surface area contributed by atoms with E-state index in [1.54, 1.807) is 25.2 Å². The van der Waals surface area contributed by atoms with Crippen LogP contribution < -0.4 is 4.72 Å². The molecule has 1 atom stereocenters. The number of rotatable bonds is 5. The lowest BCUT2D eigenvalue weighted by atomic mass is 10.1. The second-order valence-corrected chi connectivity index (χ2v) is 6.64. The van der Waals surface area contributed by atoms with E-state index in [1.807, 2.05) is 13.0 Å². The van der Waals surface area contributed by atoms with E-state index in [1.165, 1.54) is 17.1 Å². The van der Waals surface area contributed by atoms with Gasteiger partial charge in [-0.25, -0.2) is 13.1 Å². The van der Waals surface area contributed by atoms with E-state index in [4.69, 9.17) is 11.6 Å². The number of hydrogen-bond donors (Lipinski definition) is 1. The summed E-state index contributed by atoms with van der Waals surface area (Å²) in [4.78, 5) is 0.153. The van der Waals surface area contributed by atoms with Gasteiger partial charge in [0.25, 0.3) is 0 Å². The summed E-state index contributed by atoms with van der Waals surface area (Å²) in [7, 11) is -1.91. The molecule has 0 aliphatic rings. The van der Waals surface area contributed by atoms with Crippen LogP contribution in [0.4, 0.5) is 0 Å². The fourth-order valence-corrected chi connectivity index (χ4v) is 3.39. The predicted molar refractivity (Wildman–Crippen MR) is 78.0 cm³/mol. The Morgan fingerprint density at radius 2 is 2.20 bits per heavy atom. The largest absolute Gasteiger partial charge is 0.274 e.